The van der Waals surface area contributed by atoms with Gasteiger partial charge in [0.05, 0.1) is 17.6 Å². The summed E-state index contributed by atoms with van der Waals surface area (Å²) in [6.07, 6.45) is 2.21. The summed E-state index contributed by atoms with van der Waals surface area (Å²) in [4.78, 5) is 23.0. The van der Waals surface area contributed by atoms with Crippen molar-refractivity contribution in [1.29, 1.82) is 0 Å². The van der Waals surface area contributed by atoms with Crippen LogP contribution in [-0.2, 0) is 19.4 Å². The lowest BCUT2D eigenvalue weighted by Gasteiger charge is -2.31. The number of sulfone groups is 1. The molecule has 0 aromatic heterocycles. The normalized spacial score (nSPS) is 20.4. The van der Waals surface area contributed by atoms with Crippen LogP contribution in [0.25, 0.3) is 0 Å². The minimum absolute atomic E-state index is 0.0277. The summed E-state index contributed by atoms with van der Waals surface area (Å²) in [6.45, 7) is 0.0277. The van der Waals surface area contributed by atoms with Crippen LogP contribution in [0.3, 0.4) is 0 Å². The number of amides is 1. The molecule has 1 aromatic carbocycles. The lowest BCUT2D eigenvalue weighted by Crippen LogP contribution is -2.41. The number of aliphatic carboxylic acids is 1. The highest BCUT2D eigenvalue weighted by molar-refractivity contribution is 7.90. The van der Waals surface area contributed by atoms with E-state index >= 15 is 0 Å². The Morgan fingerprint density at radius 2 is 2.00 bits per heavy atom. The molecule has 1 saturated carbocycles. The van der Waals surface area contributed by atoms with Crippen molar-refractivity contribution in [3.05, 3.63) is 24.3 Å². The number of rotatable bonds is 7. The number of ether oxygens (including phenoxy) is 1. The summed E-state index contributed by atoms with van der Waals surface area (Å²) in [5, 5.41) is 11.7. The number of benzene rings is 1. The molecular formula is C15H19NO6S. The molecular weight excluding hydrogens is 322 g/mol. The van der Waals surface area contributed by atoms with E-state index in [1.165, 1.54) is 0 Å². The number of hydrogen-bond donors (Lipinski definition) is 2. The molecule has 2 unspecified atom stereocenters. The van der Waals surface area contributed by atoms with E-state index in [9.17, 15) is 18.0 Å². The minimum Gasteiger partial charge on any atom is -0.492 e. The second-order valence-corrected chi connectivity index (χ2v) is 7.88. The fourth-order valence-electron chi connectivity index (χ4n) is 2.32. The number of nitrogens with one attached hydrogen (secondary N) is 1. The van der Waals surface area contributed by atoms with Crippen LogP contribution in [0.15, 0.2) is 24.3 Å². The molecule has 0 heterocycles. The summed E-state index contributed by atoms with van der Waals surface area (Å²) in [5.41, 5.74) is 0.489. The molecule has 8 heteroatoms. The summed E-state index contributed by atoms with van der Waals surface area (Å²) < 4.78 is 27.4. The van der Waals surface area contributed by atoms with Gasteiger partial charge in [-0.1, -0.05) is 6.07 Å². The van der Waals surface area contributed by atoms with Crippen molar-refractivity contribution in [1.82, 2.24) is 0 Å². The molecule has 0 aliphatic heterocycles. The zero-order chi connectivity index (χ0) is 17.0. The largest absolute Gasteiger partial charge is 0.492 e. The summed E-state index contributed by atoms with van der Waals surface area (Å²) in [5.74, 6) is -2.06. The molecule has 1 amide bonds. The van der Waals surface area contributed by atoms with Gasteiger partial charge in [-0.2, -0.15) is 0 Å². The van der Waals surface area contributed by atoms with E-state index in [2.05, 4.69) is 5.32 Å². The molecule has 2 rings (SSSR count). The Morgan fingerprint density at radius 3 is 2.57 bits per heavy atom. The maximum atomic E-state index is 12.1. The SMILES string of the molecule is CS(=O)(=O)CCOc1cccc(NC(=O)C2CCC2C(=O)O)c1. The molecule has 1 aliphatic carbocycles. The molecule has 1 aromatic rings. The van der Waals surface area contributed by atoms with Crippen molar-refractivity contribution in [2.24, 2.45) is 11.8 Å². The Morgan fingerprint density at radius 1 is 1.30 bits per heavy atom. The number of carbonyl (C=O) groups is 2. The molecule has 0 saturated heterocycles. The van der Waals surface area contributed by atoms with Gasteiger partial charge in [0.1, 0.15) is 12.4 Å². The zero-order valence-corrected chi connectivity index (χ0v) is 13.5. The molecule has 0 radical (unpaired) electrons. The Balaban J connectivity index is 1.92. The first kappa shape index (κ1) is 17.3. The van der Waals surface area contributed by atoms with Crippen LogP contribution in [0.2, 0.25) is 0 Å². The first-order chi connectivity index (χ1) is 10.8. The Bertz CT molecular complexity index is 700. The maximum Gasteiger partial charge on any atom is 0.307 e. The van der Waals surface area contributed by atoms with Crippen LogP contribution in [0, 0.1) is 11.8 Å². The minimum atomic E-state index is -3.10. The molecule has 0 spiro atoms. The monoisotopic (exact) mass is 341 g/mol. The molecule has 2 atom stereocenters. The predicted molar refractivity (Wildman–Crippen MR) is 84.1 cm³/mol. The van der Waals surface area contributed by atoms with Crippen molar-refractivity contribution in [2.75, 3.05) is 23.9 Å². The summed E-state index contributed by atoms with van der Waals surface area (Å²) >= 11 is 0. The van der Waals surface area contributed by atoms with Gasteiger partial charge in [-0.25, -0.2) is 8.42 Å². The molecule has 1 fully saturated rings. The van der Waals surface area contributed by atoms with E-state index < -0.39 is 27.6 Å². The van der Waals surface area contributed by atoms with Gasteiger partial charge in [-0.3, -0.25) is 9.59 Å². The molecule has 2 N–H and O–H groups in total. The fraction of sp³-hybridized carbons (Fsp3) is 0.467. The quantitative estimate of drug-likeness (QED) is 0.770. The third-order valence-corrected chi connectivity index (χ3v) is 4.66. The van der Waals surface area contributed by atoms with Crippen molar-refractivity contribution < 1.29 is 27.9 Å². The number of carbonyl (C=O) groups excluding carboxylic acids is 1. The van der Waals surface area contributed by atoms with Crippen molar-refractivity contribution in [3.8, 4) is 5.75 Å². The predicted octanol–water partition coefficient (Wildman–Crippen LogP) is 1.16. The van der Waals surface area contributed by atoms with Crippen molar-refractivity contribution >= 4 is 27.4 Å². The first-order valence-electron chi connectivity index (χ1n) is 7.20. The van der Waals surface area contributed by atoms with Crippen molar-refractivity contribution in [2.45, 2.75) is 12.8 Å². The third kappa shape index (κ3) is 4.95. The van der Waals surface area contributed by atoms with E-state index in [0.717, 1.165) is 6.26 Å². The molecule has 126 valence electrons. The topological polar surface area (TPSA) is 110 Å². The molecule has 23 heavy (non-hydrogen) atoms. The second-order valence-electron chi connectivity index (χ2n) is 5.62. The van der Waals surface area contributed by atoms with Crippen molar-refractivity contribution in [3.63, 3.8) is 0 Å². The molecule has 0 bridgehead atoms. The van der Waals surface area contributed by atoms with Gasteiger partial charge in [0.2, 0.25) is 5.91 Å². The Kier molecular flexibility index (Phi) is 5.25. The van der Waals surface area contributed by atoms with E-state index in [-0.39, 0.29) is 18.3 Å². The first-order valence-corrected chi connectivity index (χ1v) is 9.26. The molecule has 1 aliphatic rings. The number of hydrogen-bond acceptors (Lipinski definition) is 5. The van der Waals surface area contributed by atoms with Gasteiger partial charge in [-0.15, -0.1) is 0 Å². The van der Waals surface area contributed by atoms with Crippen LogP contribution < -0.4 is 10.1 Å². The van der Waals surface area contributed by atoms with Gasteiger partial charge in [-0.05, 0) is 25.0 Å². The van der Waals surface area contributed by atoms with Crippen LogP contribution >= 0.6 is 0 Å². The maximum absolute atomic E-state index is 12.1. The number of carboxylic acid groups (broad SMARTS) is 1. The zero-order valence-electron chi connectivity index (χ0n) is 12.7. The highest BCUT2D eigenvalue weighted by Crippen LogP contribution is 2.35. The lowest BCUT2D eigenvalue weighted by molar-refractivity contribution is -0.151. The second kappa shape index (κ2) is 6.99. The van der Waals surface area contributed by atoms with E-state index in [0.29, 0.717) is 24.3 Å². The van der Waals surface area contributed by atoms with Crippen LogP contribution in [0.4, 0.5) is 5.69 Å². The third-order valence-electron chi connectivity index (χ3n) is 3.75. The van der Waals surface area contributed by atoms with Gasteiger partial charge >= 0.3 is 5.97 Å². The average Bonchev–Trinajstić information content (AvgIpc) is 2.35. The van der Waals surface area contributed by atoms with E-state index in [4.69, 9.17) is 9.84 Å². The van der Waals surface area contributed by atoms with Gasteiger partial charge in [0, 0.05) is 18.0 Å². The average molecular weight is 341 g/mol. The van der Waals surface area contributed by atoms with E-state index in [1.54, 1.807) is 24.3 Å². The Hall–Kier alpha value is -2.09. The van der Waals surface area contributed by atoms with E-state index in [1.807, 2.05) is 0 Å². The van der Waals surface area contributed by atoms with Crippen LogP contribution in [-0.4, -0.2) is 44.0 Å². The lowest BCUT2D eigenvalue weighted by atomic mass is 9.73. The highest BCUT2D eigenvalue weighted by Gasteiger charge is 2.41. The summed E-state index contributed by atoms with van der Waals surface area (Å²) in [7, 11) is -3.10. The highest BCUT2D eigenvalue weighted by atomic mass is 32.2. The van der Waals surface area contributed by atoms with Gasteiger partial charge < -0.3 is 15.2 Å². The number of anilines is 1. The van der Waals surface area contributed by atoms with Crippen LogP contribution in [0.1, 0.15) is 12.8 Å². The standard InChI is InChI=1S/C15H19NO6S/c1-23(20,21)8-7-22-11-4-2-3-10(9-11)16-14(17)12-5-6-13(12)15(18)19/h2-4,9,12-13H,5-8H2,1H3,(H,16,17)(H,18,19). The fourth-order valence-corrected chi connectivity index (χ4v) is 2.70. The summed E-state index contributed by atoms with van der Waals surface area (Å²) in [6, 6.07) is 6.56. The van der Waals surface area contributed by atoms with Crippen LogP contribution in [0.5, 0.6) is 5.75 Å². The Labute approximate surface area is 134 Å². The number of carboxylic acids is 1. The van der Waals surface area contributed by atoms with Gasteiger partial charge in [0.25, 0.3) is 0 Å². The molecule has 7 nitrogen and oxygen atoms in total. The van der Waals surface area contributed by atoms with Gasteiger partial charge in [0.15, 0.2) is 9.84 Å². The smallest absolute Gasteiger partial charge is 0.307 e.